The van der Waals surface area contributed by atoms with Gasteiger partial charge in [-0.05, 0) is 24.6 Å². The number of primary sulfonamides is 1. The van der Waals surface area contributed by atoms with Crippen molar-refractivity contribution in [2.24, 2.45) is 5.14 Å². The Hall–Kier alpha value is -2.32. The first-order valence-corrected chi connectivity index (χ1v) is 7.62. The molecular weight excluding hydrogens is 292 g/mol. The summed E-state index contributed by atoms with van der Waals surface area (Å²) < 4.78 is 22.3. The molecule has 0 bridgehead atoms. The highest BCUT2D eigenvalue weighted by molar-refractivity contribution is 7.89. The third kappa shape index (κ3) is 3.83. The van der Waals surface area contributed by atoms with Crippen molar-refractivity contribution in [1.29, 1.82) is 0 Å². The summed E-state index contributed by atoms with van der Waals surface area (Å²) in [7, 11) is -3.72. The molecular formula is C13H14N4O3S. The monoisotopic (exact) mass is 306 g/mol. The van der Waals surface area contributed by atoms with Gasteiger partial charge in [0.05, 0.1) is 17.1 Å². The van der Waals surface area contributed by atoms with Gasteiger partial charge in [-0.25, -0.2) is 18.5 Å². The number of amides is 1. The van der Waals surface area contributed by atoms with Crippen LogP contribution in [0.4, 0.5) is 0 Å². The molecule has 110 valence electrons. The molecule has 3 N–H and O–H groups in total. The van der Waals surface area contributed by atoms with Gasteiger partial charge in [-0.15, -0.1) is 0 Å². The van der Waals surface area contributed by atoms with E-state index in [0.29, 0.717) is 0 Å². The largest absolute Gasteiger partial charge is 0.344 e. The number of rotatable bonds is 4. The zero-order valence-corrected chi connectivity index (χ0v) is 12.0. The fourth-order valence-corrected chi connectivity index (χ4v) is 2.23. The van der Waals surface area contributed by atoms with Crippen molar-refractivity contribution in [1.82, 2.24) is 15.3 Å². The minimum Gasteiger partial charge on any atom is -0.344 e. The smallest absolute Gasteiger partial charge is 0.271 e. The van der Waals surface area contributed by atoms with Crippen LogP contribution in [0.2, 0.25) is 0 Å². The van der Waals surface area contributed by atoms with Gasteiger partial charge in [-0.2, -0.15) is 0 Å². The molecule has 0 aliphatic heterocycles. The second kappa shape index (κ2) is 5.98. The van der Waals surface area contributed by atoms with E-state index in [9.17, 15) is 13.2 Å². The number of nitrogens with zero attached hydrogens (tertiary/aromatic N) is 2. The minimum absolute atomic E-state index is 0.0266. The highest BCUT2D eigenvalue weighted by Gasteiger charge is 2.14. The van der Waals surface area contributed by atoms with E-state index in [2.05, 4.69) is 15.3 Å². The Morgan fingerprint density at radius 2 is 1.90 bits per heavy atom. The van der Waals surface area contributed by atoms with Crippen LogP contribution < -0.4 is 10.5 Å². The highest BCUT2D eigenvalue weighted by Crippen LogP contribution is 2.15. The summed E-state index contributed by atoms with van der Waals surface area (Å²) in [4.78, 5) is 19.7. The molecule has 2 aromatic rings. The molecule has 2 rings (SSSR count). The maximum atomic E-state index is 11.9. The molecule has 0 fully saturated rings. The van der Waals surface area contributed by atoms with E-state index in [4.69, 9.17) is 5.14 Å². The van der Waals surface area contributed by atoms with E-state index in [1.165, 1.54) is 30.7 Å². The molecule has 0 radical (unpaired) electrons. The summed E-state index contributed by atoms with van der Waals surface area (Å²) in [6, 6.07) is 5.68. The maximum Gasteiger partial charge on any atom is 0.271 e. The molecule has 0 aliphatic rings. The van der Waals surface area contributed by atoms with Gasteiger partial charge in [-0.1, -0.05) is 12.1 Å². The van der Waals surface area contributed by atoms with Gasteiger partial charge in [0.1, 0.15) is 5.69 Å². The summed E-state index contributed by atoms with van der Waals surface area (Å²) in [6.07, 6.45) is 4.28. The van der Waals surface area contributed by atoms with E-state index < -0.39 is 10.0 Å². The molecule has 8 heteroatoms. The standard InChI is InChI=1S/C13H14N4O3S/c1-9(17-13(18)12-8-15-6-7-16-12)10-2-4-11(5-3-10)21(14,19)20/h2-9H,1H3,(H,17,18)(H2,14,19,20)/t9-/m1/s1. The van der Waals surface area contributed by atoms with Gasteiger partial charge >= 0.3 is 0 Å². The predicted octanol–water partition coefficient (Wildman–Crippen LogP) is 0.615. The highest BCUT2D eigenvalue weighted by atomic mass is 32.2. The molecule has 1 amide bonds. The van der Waals surface area contributed by atoms with Crippen LogP contribution in [-0.2, 0) is 10.0 Å². The Morgan fingerprint density at radius 3 is 2.43 bits per heavy atom. The Balaban J connectivity index is 2.10. The number of carbonyl (C=O) groups excluding carboxylic acids is 1. The van der Waals surface area contributed by atoms with E-state index in [1.54, 1.807) is 19.1 Å². The van der Waals surface area contributed by atoms with Crippen LogP contribution in [0.5, 0.6) is 0 Å². The fraction of sp³-hybridized carbons (Fsp3) is 0.154. The molecule has 0 unspecified atom stereocenters. The number of carbonyl (C=O) groups is 1. The first kappa shape index (κ1) is 15.1. The molecule has 1 heterocycles. The summed E-state index contributed by atoms with van der Waals surface area (Å²) in [5, 5.41) is 7.78. The van der Waals surface area contributed by atoms with Crippen molar-refractivity contribution in [3.05, 3.63) is 54.1 Å². The van der Waals surface area contributed by atoms with Crippen molar-refractivity contribution in [2.75, 3.05) is 0 Å². The van der Waals surface area contributed by atoms with Crippen molar-refractivity contribution in [2.45, 2.75) is 17.9 Å². The van der Waals surface area contributed by atoms with Crippen LogP contribution in [0.1, 0.15) is 29.0 Å². The second-order valence-corrected chi connectivity index (χ2v) is 5.96. The first-order chi connectivity index (χ1) is 9.88. The number of benzene rings is 1. The van der Waals surface area contributed by atoms with Crippen molar-refractivity contribution in [3.8, 4) is 0 Å². The molecule has 0 aliphatic carbocycles. The zero-order chi connectivity index (χ0) is 15.5. The molecule has 21 heavy (non-hydrogen) atoms. The average Bonchev–Trinajstić information content (AvgIpc) is 2.47. The lowest BCUT2D eigenvalue weighted by Gasteiger charge is -2.14. The van der Waals surface area contributed by atoms with Gasteiger partial charge in [0.25, 0.3) is 5.91 Å². The Kier molecular flexibility index (Phi) is 4.29. The van der Waals surface area contributed by atoms with Crippen molar-refractivity contribution in [3.63, 3.8) is 0 Å². The lowest BCUT2D eigenvalue weighted by atomic mass is 10.1. The first-order valence-electron chi connectivity index (χ1n) is 6.07. The van der Waals surface area contributed by atoms with Crippen LogP contribution in [0.3, 0.4) is 0 Å². The summed E-state index contributed by atoms with van der Waals surface area (Å²) in [5.41, 5.74) is 0.963. The normalized spacial score (nSPS) is 12.7. The van der Waals surface area contributed by atoms with E-state index in [1.807, 2.05) is 0 Å². The Labute approximate surface area is 122 Å². The molecule has 0 spiro atoms. The minimum atomic E-state index is -3.72. The Morgan fingerprint density at radius 1 is 1.24 bits per heavy atom. The van der Waals surface area contributed by atoms with Crippen molar-refractivity contribution >= 4 is 15.9 Å². The van der Waals surface area contributed by atoms with Crippen LogP contribution in [0, 0.1) is 0 Å². The van der Waals surface area contributed by atoms with Crippen LogP contribution in [0.15, 0.2) is 47.8 Å². The number of nitrogens with two attached hydrogens (primary N) is 1. The topological polar surface area (TPSA) is 115 Å². The summed E-state index contributed by atoms with van der Waals surface area (Å²) in [6.45, 7) is 1.78. The third-order valence-electron chi connectivity index (χ3n) is 2.85. The Bertz CT molecular complexity index is 730. The van der Waals surface area contributed by atoms with E-state index in [-0.39, 0.29) is 22.5 Å². The van der Waals surface area contributed by atoms with Gasteiger partial charge in [0.2, 0.25) is 10.0 Å². The molecule has 0 saturated heterocycles. The van der Waals surface area contributed by atoms with E-state index >= 15 is 0 Å². The SMILES string of the molecule is C[C@@H](NC(=O)c1cnccn1)c1ccc(S(N)(=O)=O)cc1. The number of aromatic nitrogens is 2. The molecule has 7 nitrogen and oxygen atoms in total. The molecule has 1 atom stereocenters. The van der Waals surface area contributed by atoms with Gasteiger partial charge in [-0.3, -0.25) is 9.78 Å². The molecule has 1 aromatic carbocycles. The third-order valence-corrected chi connectivity index (χ3v) is 3.78. The van der Waals surface area contributed by atoms with Crippen LogP contribution >= 0.6 is 0 Å². The summed E-state index contributed by atoms with van der Waals surface area (Å²) >= 11 is 0. The van der Waals surface area contributed by atoms with Gasteiger partial charge in [0, 0.05) is 12.4 Å². The second-order valence-electron chi connectivity index (χ2n) is 4.40. The molecule has 1 aromatic heterocycles. The lowest BCUT2D eigenvalue weighted by Crippen LogP contribution is -2.27. The lowest BCUT2D eigenvalue weighted by molar-refractivity contribution is 0.0934. The van der Waals surface area contributed by atoms with Crippen LogP contribution in [-0.4, -0.2) is 24.3 Å². The van der Waals surface area contributed by atoms with Gasteiger partial charge in [0.15, 0.2) is 0 Å². The number of hydrogen-bond donors (Lipinski definition) is 2. The summed E-state index contributed by atoms with van der Waals surface area (Å²) in [5.74, 6) is -0.355. The quantitative estimate of drug-likeness (QED) is 0.859. The maximum absolute atomic E-state index is 11.9. The number of nitrogens with one attached hydrogen (secondary N) is 1. The number of sulfonamides is 1. The fourth-order valence-electron chi connectivity index (χ4n) is 1.72. The zero-order valence-electron chi connectivity index (χ0n) is 11.2. The van der Waals surface area contributed by atoms with Gasteiger partial charge < -0.3 is 5.32 Å². The van der Waals surface area contributed by atoms with Crippen LogP contribution in [0.25, 0.3) is 0 Å². The van der Waals surface area contributed by atoms with E-state index in [0.717, 1.165) is 5.56 Å². The predicted molar refractivity (Wildman–Crippen MR) is 75.7 cm³/mol. The van der Waals surface area contributed by atoms with Crippen molar-refractivity contribution < 1.29 is 13.2 Å². The number of hydrogen-bond acceptors (Lipinski definition) is 5. The molecule has 0 saturated carbocycles. The average molecular weight is 306 g/mol.